The lowest BCUT2D eigenvalue weighted by atomic mass is 10.1. The molecular weight excluding hydrogens is 276 g/mol. The number of benzene rings is 1. The predicted octanol–water partition coefficient (Wildman–Crippen LogP) is 3.83. The highest BCUT2D eigenvalue weighted by molar-refractivity contribution is 5.68. The van der Waals surface area contributed by atoms with E-state index in [0.717, 1.165) is 24.0 Å². The summed E-state index contributed by atoms with van der Waals surface area (Å²) in [7, 11) is 0. The third kappa shape index (κ3) is 4.73. The Bertz CT molecular complexity index is 485. The van der Waals surface area contributed by atoms with Crippen LogP contribution in [0.4, 0.5) is 4.79 Å². The molecule has 1 fully saturated rings. The van der Waals surface area contributed by atoms with Gasteiger partial charge in [-0.25, -0.2) is 4.79 Å². The van der Waals surface area contributed by atoms with E-state index in [9.17, 15) is 4.79 Å². The Labute approximate surface area is 133 Å². The maximum atomic E-state index is 12.6. The molecule has 2 N–H and O–H groups in total. The van der Waals surface area contributed by atoms with Crippen molar-refractivity contribution in [1.29, 1.82) is 0 Å². The number of carbonyl (C=O) groups excluding carboxylic acids is 1. The zero-order valence-corrected chi connectivity index (χ0v) is 14.0. The number of nitrogens with zero attached hydrogens (tertiary/aromatic N) is 1. The second kappa shape index (κ2) is 7.14. The number of hydrogen-bond donors (Lipinski definition) is 1. The van der Waals surface area contributed by atoms with Gasteiger partial charge in [0.25, 0.3) is 0 Å². The normalized spacial score (nSPS) is 15.8. The molecule has 1 aromatic rings. The van der Waals surface area contributed by atoms with Gasteiger partial charge in [0.05, 0.1) is 0 Å². The van der Waals surface area contributed by atoms with E-state index >= 15 is 0 Å². The molecule has 4 heteroatoms. The number of hydrogen-bond acceptors (Lipinski definition) is 3. The van der Waals surface area contributed by atoms with E-state index in [1.807, 2.05) is 37.8 Å². The van der Waals surface area contributed by atoms with E-state index in [0.29, 0.717) is 19.1 Å². The van der Waals surface area contributed by atoms with Gasteiger partial charge >= 0.3 is 6.09 Å². The van der Waals surface area contributed by atoms with Gasteiger partial charge in [-0.1, -0.05) is 37.1 Å². The van der Waals surface area contributed by atoms with Gasteiger partial charge in [0.15, 0.2) is 0 Å². The van der Waals surface area contributed by atoms with Crippen molar-refractivity contribution >= 4 is 6.09 Å². The smallest absolute Gasteiger partial charge is 0.410 e. The monoisotopic (exact) mass is 304 g/mol. The number of nitrogens with two attached hydrogens (primary N) is 1. The van der Waals surface area contributed by atoms with Crippen LogP contribution in [-0.4, -0.2) is 22.6 Å². The average molecular weight is 304 g/mol. The van der Waals surface area contributed by atoms with Crippen molar-refractivity contribution in [3.8, 4) is 0 Å². The van der Waals surface area contributed by atoms with Gasteiger partial charge in [0.1, 0.15) is 5.60 Å². The minimum absolute atomic E-state index is 0.206. The summed E-state index contributed by atoms with van der Waals surface area (Å²) in [6, 6.07) is 8.45. The molecule has 1 amide bonds. The van der Waals surface area contributed by atoms with Crippen molar-refractivity contribution in [3.05, 3.63) is 35.4 Å². The molecule has 0 saturated heterocycles. The van der Waals surface area contributed by atoms with Crippen LogP contribution in [0.15, 0.2) is 24.3 Å². The van der Waals surface area contributed by atoms with E-state index < -0.39 is 5.60 Å². The van der Waals surface area contributed by atoms with Crippen molar-refractivity contribution < 1.29 is 9.53 Å². The number of rotatable bonds is 4. The molecule has 0 heterocycles. The maximum absolute atomic E-state index is 12.6. The molecular formula is C18H28N2O2. The van der Waals surface area contributed by atoms with Crippen LogP contribution in [-0.2, 0) is 17.8 Å². The fraction of sp³-hybridized carbons (Fsp3) is 0.611. The molecule has 1 aromatic carbocycles. The van der Waals surface area contributed by atoms with Crippen molar-refractivity contribution in [2.45, 2.75) is 71.2 Å². The zero-order valence-electron chi connectivity index (χ0n) is 14.0. The Kier molecular flexibility index (Phi) is 5.46. The highest BCUT2D eigenvalue weighted by Crippen LogP contribution is 2.26. The minimum Gasteiger partial charge on any atom is -0.444 e. The molecule has 2 rings (SSSR count). The van der Waals surface area contributed by atoms with Gasteiger partial charge in [-0.3, -0.25) is 0 Å². The second-order valence-corrected chi connectivity index (χ2v) is 7.07. The van der Waals surface area contributed by atoms with Crippen molar-refractivity contribution in [3.63, 3.8) is 0 Å². The molecule has 0 bridgehead atoms. The Hall–Kier alpha value is -1.55. The minimum atomic E-state index is -0.461. The molecule has 122 valence electrons. The Morgan fingerprint density at radius 2 is 1.73 bits per heavy atom. The van der Waals surface area contributed by atoms with Crippen LogP contribution >= 0.6 is 0 Å². The van der Waals surface area contributed by atoms with Gasteiger partial charge in [0, 0.05) is 19.1 Å². The zero-order chi connectivity index (χ0) is 16.2. The summed E-state index contributed by atoms with van der Waals surface area (Å²) in [5.41, 5.74) is 7.40. The van der Waals surface area contributed by atoms with Crippen molar-refractivity contribution in [2.24, 2.45) is 5.73 Å². The van der Waals surface area contributed by atoms with Gasteiger partial charge in [-0.15, -0.1) is 0 Å². The summed E-state index contributed by atoms with van der Waals surface area (Å²) in [4.78, 5) is 14.5. The third-order valence-electron chi connectivity index (χ3n) is 4.01. The Balaban J connectivity index is 2.11. The predicted molar refractivity (Wildman–Crippen MR) is 88.4 cm³/mol. The van der Waals surface area contributed by atoms with Crippen LogP contribution in [0.2, 0.25) is 0 Å². The fourth-order valence-electron chi connectivity index (χ4n) is 2.86. The molecule has 1 aliphatic carbocycles. The maximum Gasteiger partial charge on any atom is 0.410 e. The molecule has 0 spiro atoms. The lowest BCUT2D eigenvalue weighted by Crippen LogP contribution is -2.41. The topological polar surface area (TPSA) is 55.6 Å². The first kappa shape index (κ1) is 16.8. The van der Waals surface area contributed by atoms with Crippen molar-refractivity contribution in [1.82, 2.24) is 4.90 Å². The summed E-state index contributed by atoms with van der Waals surface area (Å²) >= 11 is 0. The van der Waals surface area contributed by atoms with E-state index in [1.54, 1.807) is 0 Å². The SMILES string of the molecule is CC(C)(C)OC(=O)N(Cc1ccc(CN)cc1)C1CCCC1. The van der Waals surface area contributed by atoms with Crippen molar-refractivity contribution in [2.75, 3.05) is 0 Å². The summed E-state index contributed by atoms with van der Waals surface area (Å²) in [6.45, 7) is 6.87. The van der Waals surface area contributed by atoms with Crippen LogP contribution in [0.5, 0.6) is 0 Å². The molecule has 0 aromatic heterocycles. The lowest BCUT2D eigenvalue weighted by Gasteiger charge is -2.31. The summed E-state index contributed by atoms with van der Waals surface area (Å²) in [5, 5.41) is 0. The first-order chi connectivity index (χ1) is 10.4. The van der Waals surface area contributed by atoms with Crippen LogP contribution in [0, 0.1) is 0 Å². The summed E-state index contributed by atoms with van der Waals surface area (Å²) in [5.74, 6) is 0. The number of carbonyl (C=O) groups is 1. The Morgan fingerprint density at radius 1 is 1.18 bits per heavy atom. The molecule has 1 aliphatic rings. The first-order valence-corrected chi connectivity index (χ1v) is 8.16. The second-order valence-electron chi connectivity index (χ2n) is 7.07. The summed E-state index contributed by atoms with van der Waals surface area (Å²) < 4.78 is 5.60. The average Bonchev–Trinajstić information content (AvgIpc) is 2.97. The molecule has 0 radical (unpaired) electrons. The fourth-order valence-corrected chi connectivity index (χ4v) is 2.86. The van der Waals surface area contributed by atoms with Crippen LogP contribution < -0.4 is 5.73 Å². The van der Waals surface area contributed by atoms with Gasteiger partial charge in [0.2, 0.25) is 0 Å². The Morgan fingerprint density at radius 3 is 2.23 bits per heavy atom. The van der Waals surface area contributed by atoms with Crippen LogP contribution in [0.1, 0.15) is 57.6 Å². The standard InChI is InChI=1S/C18H28N2O2/c1-18(2,3)22-17(21)20(16-6-4-5-7-16)13-15-10-8-14(12-19)9-11-15/h8-11,16H,4-7,12-13,19H2,1-3H3. The van der Waals surface area contributed by atoms with Crippen LogP contribution in [0.3, 0.4) is 0 Å². The lowest BCUT2D eigenvalue weighted by molar-refractivity contribution is 0.0145. The van der Waals surface area contributed by atoms with Gasteiger partial charge in [-0.05, 0) is 44.7 Å². The largest absolute Gasteiger partial charge is 0.444 e. The quantitative estimate of drug-likeness (QED) is 0.920. The van der Waals surface area contributed by atoms with E-state index in [2.05, 4.69) is 12.1 Å². The molecule has 22 heavy (non-hydrogen) atoms. The molecule has 0 unspecified atom stereocenters. The summed E-state index contributed by atoms with van der Waals surface area (Å²) in [6.07, 6.45) is 4.31. The molecule has 1 saturated carbocycles. The van der Waals surface area contributed by atoms with E-state index in [-0.39, 0.29) is 6.09 Å². The van der Waals surface area contributed by atoms with Gasteiger partial charge in [-0.2, -0.15) is 0 Å². The number of ether oxygens (including phenoxy) is 1. The van der Waals surface area contributed by atoms with Gasteiger partial charge < -0.3 is 15.4 Å². The van der Waals surface area contributed by atoms with Crippen LogP contribution in [0.25, 0.3) is 0 Å². The van der Waals surface area contributed by atoms with E-state index in [1.165, 1.54) is 12.8 Å². The third-order valence-corrected chi connectivity index (χ3v) is 4.01. The van der Waals surface area contributed by atoms with E-state index in [4.69, 9.17) is 10.5 Å². The number of amides is 1. The molecule has 0 aliphatic heterocycles. The molecule has 4 nitrogen and oxygen atoms in total. The highest BCUT2D eigenvalue weighted by Gasteiger charge is 2.30. The first-order valence-electron chi connectivity index (χ1n) is 8.16. The molecule has 0 atom stereocenters. The highest BCUT2D eigenvalue weighted by atomic mass is 16.6.